The van der Waals surface area contributed by atoms with Gasteiger partial charge in [-0.1, -0.05) is 24.3 Å². The Balaban J connectivity index is 1.71. The molecule has 1 aliphatic rings. The van der Waals surface area contributed by atoms with Gasteiger partial charge in [-0.15, -0.1) is 0 Å². The van der Waals surface area contributed by atoms with Gasteiger partial charge in [-0.25, -0.2) is 0 Å². The van der Waals surface area contributed by atoms with Gasteiger partial charge in [0.1, 0.15) is 13.1 Å². The second kappa shape index (κ2) is 8.22. The van der Waals surface area contributed by atoms with E-state index in [-0.39, 0.29) is 30.3 Å². The van der Waals surface area contributed by atoms with Gasteiger partial charge < -0.3 is 15.5 Å². The van der Waals surface area contributed by atoms with Crippen LogP contribution in [0.1, 0.15) is 22.8 Å². The van der Waals surface area contributed by atoms with Gasteiger partial charge in [0.2, 0.25) is 5.91 Å². The summed E-state index contributed by atoms with van der Waals surface area (Å²) in [6, 6.07) is 14.3. The molecule has 0 radical (unpaired) electrons. The van der Waals surface area contributed by atoms with E-state index >= 15 is 0 Å². The zero-order valence-electron chi connectivity index (χ0n) is 16.3. The maximum absolute atomic E-state index is 13.1. The summed E-state index contributed by atoms with van der Waals surface area (Å²) in [5.41, 5.74) is 3.01. The Bertz CT molecular complexity index is 895. The predicted octanol–water partition coefficient (Wildman–Crippen LogP) is 0.435. The van der Waals surface area contributed by atoms with Crippen LogP contribution in [0, 0.1) is 0 Å². The largest absolute Gasteiger partial charge is 0.355 e. The third-order valence-corrected chi connectivity index (χ3v) is 5.07. The number of benzene rings is 2. The van der Waals surface area contributed by atoms with E-state index < -0.39 is 0 Å². The van der Waals surface area contributed by atoms with Crippen LogP contribution in [0.3, 0.4) is 0 Å². The van der Waals surface area contributed by atoms with E-state index in [4.69, 9.17) is 0 Å². The molecular formula is C21H25N4O3+. The summed E-state index contributed by atoms with van der Waals surface area (Å²) in [7, 11) is 3.55. The van der Waals surface area contributed by atoms with Gasteiger partial charge in [-0.2, -0.15) is 0 Å². The average Bonchev–Trinajstić information content (AvgIpc) is 2.71. The molecule has 3 N–H and O–H groups in total. The van der Waals surface area contributed by atoms with E-state index in [1.54, 1.807) is 30.1 Å². The zero-order chi connectivity index (χ0) is 20.3. The highest BCUT2D eigenvalue weighted by Gasteiger charge is 2.33. The van der Waals surface area contributed by atoms with Crippen molar-refractivity contribution < 1.29 is 19.3 Å². The first-order valence-electron chi connectivity index (χ1n) is 9.24. The molecule has 7 nitrogen and oxygen atoms in total. The summed E-state index contributed by atoms with van der Waals surface area (Å²) in [4.78, 5) is 39.3. The molecule has 146 valence electrons. The molecule has 0 saturated carbocycles. The topological polar surface area (TPSA) is 83.0 Å². The van der Waals surface area contributed by atoms with Crippen molar-refractivity contribution in [3.63, 3.8) is 0 Å². The highest BCUT2D eigenvalue weighted by molar-refractivity contribution is 6.10. The van der Waals surface area contributed by atoms with Crippen molar-refractivity contribution in [1.82, 2.24) is 5.32 Å². The fraction of sp³-hybridized carbons (Fsp3) is 0.286. The number of rotatable bonds is 5. The van der Waals surface area contributed by atoms with Crippen LogP contribution in [0.5, 0.6) is 0 Å². The number of amides is 3. The number of nitrogens with zero attached hydrogens (tertiary/aromatic N) is 1. The van der Waals surface area contributed by atoms with Crippen molar-refractivity contribution >= 4 is 29.1 Å². The molecule has 0 spiro atoms. The third-order valence-electron chi connectivity index (χ3n) is 5.07. The van der Waals surface area contributed by atoms with Gasteiger partial charge in [0, 0.05) is 18.2 Å². The molecule has 28 heavy (non-hydrogen) atoms. The minimum atomic E-state index is -0.336. The molecule has 2 aromatic carbocycles. The van der Waals surface area contributed by atoms with Crippen molar-refractivity contribution in [1.29, 1.82) is 0 Å². The number of carbonyl (C=O) groups excluding carboxylic acids is 3. The molecule has 2 atom stereocenters. The van der Waals surface area contributed by atoms with Crippen molar-refractivity contribution in [3.05, 3.63) is 59.7 Å². The normalized spacial score (nSPS) is 15.2. The molecule has 1 heterocycles. The molecule has 0 saturated heterocycles. The fourth-order valence-electron chi connectivity index (χ4n) is 3.27. The maximum atomic E-state index is 13.1. The lowest BCUT2D eigenvalue weighted by Gasteiger charge is -2.32. The third kappa shape index (κ3) is 4.04. The summed E-state index contributed by atoms with van der Waals surface area (Å²) < 4.78 is 0. The average molecular weight is 381 g/mol. The Morgan fingerprint density at radius 1 is 1.18 bits per heavy atom. The monoisotopic (exact) mass is 381 g/mol. The highest BCUT2D eigenvalue weighted by Crippen LogP contribution is 2.29. The lowest BCUT2D eigenvalue weighted by molar-refractivity contribution is -0.908. The number of nitrogens with one attached hydrogen (secondary N) is 3. The number of anilines is 2. The summed E-state index contributed by atoms with van der Waals surface area (Å²) in [5.74, 6) is -0.415. The van der Waals surface area contributed by atoms with Gasteiger partial charge >= 0.3 is 0 Å². The van der Waals surface area contributed by atoms with Gasteiger partial charge in [0.15, 0.2) is 6.04 Å². The Morgan fingerprint density at radius 3 is 2.54 bits per heavy atom. The van der Waals surface area contributed by atoms with Crippen molar-refractivity contribution in [3.8, 4) is 0 Å². The fourth-order valence-corrected chi connectivity index (χ4v) is 3.27. The van der Waals surface area contributed by atoms with Crippen LogP contribution in [0.2, 0.25) is 0 Å². The molecule has 1 aliphatic heterocycles. The number of hydrogen-bond acceptors (Lipinski definition) is 3. The van der Waals surface area contributed by atoms with Crippen LogP contribution in [-0.4, -0.2) is 44.4 Å². The van der Waals surface area contributed by atoms with Crippen LogP contribution in [0.15, 0.2) is 48.5 Å². The standard InChI is InChI=1S/C21H24N4O3/c1-14(24(3)12-15-8-10-16(11-9-15)20(27)22-2)21(28)25-13-19(26)23-17-6-4-5-7-18(17)25/h4-11,14H,12-13H2,1-3H3,(H,22,27)(H,23,26)/p+1/t14-/m1/s1. The van der Waals surface area contributed by atoms with E-state index in [1.165, 1.54) is 0 Å². The number of carbonyl (C=O) groups is 3. The van der Waals surface area contributed by atoms with Crippen molar-refractivity contribution in [2.24, 2.45) is 0 Å². The molecule has 0 fully saturated rings. The van der Waals surface area contributed by atoms with E-state index in [2.05, 4.69) is 10.6 Å². The smallest absolute Gasteiger partial charge is 0.285 e. The first-order valence-corrected chi connectivity index (χ1v) is 9.24. The van der Waals surface area contributed by atoms with Crippen LogP contribution in [0.4, 0.5) is 11.4 Å². The molecule has 3 rings (SSSR count). The lowest BCUT2D eigenvalue weighted by Crippen LogP contribution is -3.12. The Labute approximate surface area is 164 Å². The highest BCUT2D eigenvalue weighted by atomic mass is 16.2. The van der Waals surface area contributed by atoms with Crippen LogP contribution in [-0.2, 0) is 16.1 Å². The predicted molar refractivity (Wildman–Crippen MR) is 107 cm³/mol. The van der Waals surface area contributed by atoms with Crippen LogP contribution in [0.25, 0.3) is 0 Å². The van der Waals surface area contributed by atoms with Gasteiger partial charge in [-0.3, -0.25) is 19.3 Å². The maximum Gasteiger partial charge on any atom is 0.285 e. The molecule has 0 aromatic heterocycles. The summed E-state index contributed by atoms with van der Waals surface area (Å²) in [6.07, 6.45) is 0. The van der Waals surface area contributed by atoms with Crippen LogP contribution >= 0.6 is 0 Å². The quantitative estimate of drug-likeness (QED) is 0.703. The number of para-hydroxylation sites is 2. The van der Waals surface area contributed by atoms with Crippen molar-refractivity contribution in [2.45, 2.75) is 19.5 Å². The Kier molecular flexibility index (Phi) is 5.75. The van der Waals surface area contributed by atoms with E-state index in [0.29, 0.717) is 17.8 Å². The number of likely N-dealkylation sites (N-methyl/N-ethyl adjacent to an activating group) is 1. The minimum Gasteiger partial charge on any atom is -0.355 e. The molecule has 7 heteroatoms. The Hall–Kier alpha value is -3.19. The first-order chi connectivity index (χ1) is 13.4. The van der Waals surface area contributed by atoms with E-state index in [1.807, 2.05) is 44.3 Å². The Morgan fingerprint density at radius 2 is 1.86 bits per heavy atom. The first kappa shape index (κ1) is 19.6. The second-order valence-electron chi connectivity index (χ2n) is 7.01. The number of hydrogen-bond donors (Lipinski definition) is 3. The summed E-state index contributed by atoms with van der Waals surface area (Å²) >= 11 is 0. The number of fused-ring (bicyclic) bond motifs is 1. The lowest BCUT2D eigenvalue weighted by atomic mass is 10.1. The van der Waals surface area contributed by atoms with Gasteiger partial charge in [0.25, 0.3) is 11.8 Å². The molecular weight excluding hydrogens is 356 g/mol. The van der Waals surface area contributed by atoms with Crippen LogP contribution < -0.4 is 20.4 Å². The zero-order valence-corrected chi connectivity index (χ0v) is 16.3. The molecule has 3 amide bonds. The van der Waals surface area contributed by atoms with E-state index in [0.717, 1.165) is 16.2 Å². The molecule has 2 aromatic rings. The minimum absolute atomic E-state index is 0.0221. The second-order valence-corrected chi connectivity index (χ2v) is 7.01. The molecule has 0 bridgehead atoms. The SMILES string of the molecule is CNC(=O)c1ccc(C[NH+](C)[C@H](C)C(=O)N2CC(=O)Nc3ccccc32)cc1. The van der Waals surface area contributed by atoms with Gasteiger partial charge in [0.05, 0.1) is 18.4 Å². The molecule has 1 unspecified atom stereocenters. The number of quaternary nitrogens is 1. The molecule has 0 aliphatic carbocycles. The van der Waals surface area contributed by atoms with Gasteiger partial charge in [-0.05, 0) is 31.2 Å². The summed E-state index contributed by atoms with van der Waals surface area (Å²) in [5, 5.41) is 5.40. The van der Waals surface area contributed by atoms with E-state index in [9.17, 15) is 14.4 Å². The summed E-state index contributed by atoms with van der Waals surface area (Å²) in [6.45, 7) is 2.52. The van der Waals surface area contributed by atoms with Crippen molar-refractivity contribution in [2.75, 3.05) is 30.9 Å².